The first-order chi connectivity index (χ1) is 11.8. The van der Waals surface area contributed by atoms with Crippen molar-refractivity contribution in [2.45, 2.75) is 16.9 Å². The highest BCUT2D eigenvalue weighted by Crippen LogP contribution is 2.29. The summed E-state index contributed by atoms with van der Waals surface area (Å²) in [4.78, 5) is 16.5. The summed E-state index contributed by atoms with van der Waals surface area (Å²) in [5.74, 6) is 0.135. The molecule has 9 heteroatoms. The first kappa shape index (κ1) is 19.7. The zero-order valence-electron chi connectivity index (χ0n) is 13.1. The Morgan fingerprint density at radius 2 is 1.80 bits per heavy atom. The van der Waals surface area contributed by atoms with Crippen molar-refractivity contribution in [2.24, 2.45) is 0 Å². The average Bonchev–Trinajstić information content (AvgIpc) is 2.54. The van der Waals surface area contributed by atoms with Gasteiger partial charge >= 0.3 is 0 Å². The molecule has 0 unspecified atom stereocenters. The number of hydrogen-bond donors (Lipinski definition) is 3. The highest BCUT2D eigenvalue weighted by Gasteiger charge is 2.35. The predicted octanol–water partition coefficient (Wildman–Crippen LogP) is 3.80. The fraction of sp³-hybridized carbons (Fsp3) is 0.188. The molecule has 1 aromatic carbocycles. The Labute approximate surface area is 166 Å². The molecule has 0 saturated heterocycles. The van der Waals surface area contributed by atoms with Gasteiger partial charge in [-0.15, -0.1) is 0 Å². The number of hydrogen-bond acceptors (Lipinski definition) is 3. The molecule has 1 atom stereocenters. The van der Waals surface area contributed by atoms with Crippen LogP contribution in [0.2, 0.25) is 0 Å². The van der Waals surface area contributed by atoms with Crippen molar-refractivity contribution < 1.29 is 4.79 Å². The number of aromatic nitrogens is 1. The molecule has 5 nitrogen and oxygen atoms in total. The van der Waals surface area contributed by atoms with E-state index in [0.717, 1.165) is 5.56 Å². The zero-order chi connectivity index (χ0) is 18.4. The van der Waals surface area contributed by atoms with Crippen LogP contribution < -0.4 is 16.0 Å². The molecule has 0 bridgehead atoms. The lowest BCUT2D eigenvalue weighted by Gasteiger charge is -2.27. The Hall–Kier alpha value is -1.60. The normalized spacial score (nSPS) is 12.2. The van der Waals surface area contributed by atoms with Crippen LogP contribution in [-0.4, -0.2) is 26.0 Å². The number of nitrogens with one attached hydrogen (secondary N) is 3. The first-order valence-corrected chi connectivity index (χ1v) is 8.73. The average molecular weight is 418 g/mol. The van der Waals surface area contributed by atoms with Crippen LogP contribution in [0.25, 0.3) is 0 Å². The molecule has 1 heterocycles. The van der Waals surface area contributed by atoms with E-state index in [-0.39, 0.29) is 11.0 Å². The van der Waals surface area contributed by atoms with E-state index < -0.39 is 9.96 Å². The van der Waals surface area contributed by atoms with E-state index in [0.29, 0.717) is 11.4 Å². The number of rotatable bonds is 4. The third-order valence-electron chi connectivity index (χ3n) is 3.17. The van der Waals surface area contributed by atoms with Gasteiger partial charge in [-0.1, -0.05) is 59.1 Å². The number of thiocarbonyl (C=S) groups is 1. The molecule has 25 heavy (non-hydrogen) atoms. The number of halogens is 3. The van der Waals surface area contributed by atoms with Crippen LogP contribution in [-0.2, 0) is 0 Å². The number of pyridine rings is 1. The van der Waals surface area contributed by atoms with E-state index >= 15 is 0 Å². The summed E-state index contributed by atoms with van der Waals surface area (Å²) in [7, 11) is 0. The topological polar surface area (TPSA) is 66.1 Å². The number of anilines is 1. The number of alkyl halides is 3. The standard InChI is InChI=1S/C16H15Cl3N4OS/c1-10-6-2-3-7-11(10)13(24)22-14(16(17,18)19)23-15(25)21-12-8-4-5-9-20-12/h2-9,14H,1H3,(H,22,24)(H2,20,21,23,25)/t14-/m1/s1. The van der Waals surface area contributed by atoms with Gasteiger partial charge in [0.2, 0.25) is 3.79 Å². The van der Waals surface area contributed by atoms with Gasteiger partial charge in [0.1, 0.15) is 12.0 Å². The van der Waals surface area contributed by atoms with E-state index in [1.54, 1.807) is 36.5 Å². The van der Waals surface area contributed by atoms with E-state index in [2.05, 4.69) is 20.9 Å². The maximum atomic E-state index is 12.5. The molecule has 1 aromatic heterocycles. The fourth-order valence-electron chi connectivity index (χ4n) is 1.96. The van der Waals surface area contributed by atoms with Crippen molar-refractivity contribution in [3.05, 3.63) is 59.8 Å². The number of carbonyl (C=O) groups is 1. The van der Waals surface area contributed by atoms with Crippen molar-refractivity contribution in [3.8, 4) is 0 Å². The van der Waals surface area contributed by atoms with Crippen LogP contribution in [0.4, 0.5) is 5.82 Å². The molecule has 0 spiro atoms. The lowest BCUT2D eigenvalue weighted by molar-refractivity contribution is 0.0934. The van der Waals surface area contributed by atoms with Gasteiger partial charge in [-0.2, -0.15) is 0 Å². The van der Waals surface area contributed by atoms with Crippen LogP contribution in [0.3, 0.4) is 0 Å². The van der Waals surface area contributed by atoms with Gasteiger partial charge < -0.3 is 16.0 Å². The molecule has 2 rings (SSSR count). The lowest BCUT2D eigenvalue weighted by Crippen LogP contribution is -2.56. The molecule has 0 aliphatic rings. The zero-order valence-corrected chi connectivity index (χ0v) is 16.2. The minimum Gasteiger partial charge on any atom is -0.339 e. The second-order valence-electron chi connectivity index (χ2n) is 5.08. The quantitative estimate of drug-likeness (QED) is 0.401. The van der Waals surface area contributed by atoms with Crippen LogP contribution in [0.15, 0.2) is 48.7 Å². The number of amides is 1. The number of carbonyl (C=O) groups excluding carboxylic acids is 1. The summed E-state index contributed by atoms with van der Waals surface area (Å²) in [6, 6.07) is 12.4. The first-order valence-electron chi connectivity index (χ1n) is 7.19. The summed E-state index contributed by atoms with van der Waals surface area (Å²) in [5.41, 5.74) is 1.28. The minimum atomic E-state index is -1.83. The van der Waals surface area contributed by atoms with Crippen LogP contribution in [0, 0.1) is 6.92 Å². The predicted molar refractivity (Wildman–Crippen MR) is 106 cm³/mol. The molecule has 0 aliphatic carbocycles. The van der Waals surface area contributed by atoms with E-state index in [4.69, 9.17) is 47.0 Å². The molecule has 0 aliphatic heterocycles. The third kappa shape index (κ3) is 6.01. The molecule has 0 fully saturated rings. The minimum absolute atomic E-state index is 0.153. The molecule has 0 saturated carbocycles. The van der Waals surface area contributed by atoms with E-state index in [1.165, 1.54) is 0 Å². The molecular formula is C16H15Cl3N4OS. The molecular weight excluding hydrogens is 403 g/mol. The summed E-state index contributed by atoms with van der Waals surface area (Å²) in [5, 5.41) is 8.42. The molecule has 1 amide bonds. The van der Waals surface area contributed by atoms with Crippen LogP contribution in [0.1, 0.15) is 15.9 Å². The van der Waals surface area contributed by atoms with Crippen LogP contribution in [0.5, 0.6) is 0 Å². The molecule has 2 aromatic rings. The Morgan fingerprint density at radius 3 is 2.40 bits per heavy atom. The van der Waals surface area contributed by atoms with Crippen molar-refractivity contribution in [1.82, 2.24) is 15.6 Å². The maximum absolute atomic E-state index is 12.5. The van der Waals surface area contributed by atoms with Gasteiger partial charge in [-0.05, 0) is 42.9 Å². The smallest absolute Gasteiger partial charge is 0.253 e. The number of benzene rings is 1. The maximum Gasteiger partial charge on any atom is 0.253 e. The number of nitrogens with zero attached hydrogens (tertiary/aromatic N) is 1. The SMILES string of the molecule is Cc1ccccc1C(=O)N[C@H](NC(=S)Nc1ccccn1)C(Cl)(Cl)Cl. The van der Waals surface area contributed by atoms with Gasteiger partial charge in [-0.3, -0.25) is 4.79 Å². The van der Waals surface area contributed by atoms with Gasteiger partial charge in [0, 0.05) is 11.8 Å². The van der Waals surface area contributed by atoms with Gasteiger partial charge in [0.25, 0.3) is 5.91 Å². The van der Waals surface area contributed by atoms with Crippen molar-refractivity contribution in [2.75, 3.05) is 5.32 Å². The summed E-state index contributed by atoms with van der Waals surface area (Å²) in [6.45, 7) is 1.82. The summed E-state index contributed by atoms with van der Waals surface area (Å²) in [6.07, 6.45) is 0.561. The largest absolute Gasteiger partial charge is 0.339 e. The second kappa shape index (κ2) is 8.67. The van der Waals surface area contributed by atoms with Crippen molar-refractivity contribution in [3.63, 3.8) is 0 Å². The van der Waals surface area contributed by atoms with Gasteiger partial charge in [0.05, 0.1) is 0 Å². The summed E-state index contributed by atoms with van der Waals surface area (Å²) < 4.78 is -1.83. The molecule has 3 N–H and O–H groups in total. The highest BCUT2D eigenvalue weighted by atomic mass is 35.6. The molecule has 132 valence electrons. The number of aryl methyl sites for hydroxylation is 1. The summed E-state index contributed by atoms with van der Waals surface area (Å²) >= 11 is 23.1. The van der Waals surface area contributed by atoms with E-state index in [1.807, 2.05) is 19.1 Å². The Bertz CT molecular complexity index is 753. The van der Waals surface area contributed by atoms with Gasteiger partial charge in [0.15, 0.2) is 5.11 Å². The Kier molecular flexibility index (Phi) is 6.84. The van der Waals surface area contributed by atoms with Crippen molar-refractivity contribution in [1.29, 1.82) is 0 Å². The molecule has 0 radical (unpaired) electrons. The lowest BCUT2D eigenvalue weighted by atomic mass is 10.1. The highest BCUT2D eigenvalue weighted by molar-refractivity contribution is 7.80. The van der Waals surface area contributed by atoms with Crippen LogP contribution >= 0.6 is 47.0 Å². The monoisotopic (exact) mass is 416 g/mol. The Balaban J connectivity index is 2.08. The van der Waals surface area contributed by atoms with Crippen molar-refractivity contribution >= 4 is 63.9 Å². The van der Waals surface area contributed by atoms with Gasteiger partial charge in [-0.25, -0.2) is 4.98 Å². The Morgan fingerprint density at radius 1 is 1.12 bits per heavy atom. The van der Waals surface area contributed by atoms with E-state index in [9.17, 15) is 4.79 Å². The fourth-order valence-corrected chi connectivity index (χ4v) is 2.51. The second-order valence-corrected chi connectivity index (χ2v) is 7.85. The third-order valence-corrected chi connectivity index (χ3v) is 4.05.